The molecule has 0 spiro atoms. The molecule has 100 valence electrons. The van der Waals surface area contributed by atoms with Crippen LogP contribution in [0.3, 0.4) is 0 Å². The van der Waals surface area contributed by atoms with Gasteiger partial charge in [-0.2, -0.15) is 0 Å². The van der Waals surface area contributed by atoms with Crippen molar-refractivity contribution in [3.05, 3.63) is 0 Å². The van der Waals surface area contributed by atoms with Crippen molar-refractivity contribution in [2.45, 2.75) is 64.5 Å². The van der Waals surface area contributed by atoms with E-state index < -0.39 is 5.60 Å². The Labute approximate surface area is 104 Å². The highest BCUT2D eigenvalue weighted by Gasteiger charge is 2.16. The highest BCUT2D eigenvalue weighted by molar-refractivity contribution is 5.67. The van der Waals surface area contributed by atoms with Gasteiger partial charge in [0.2, 0.25) is 0 Å². The molecule has 0 bridgehead atoms. The molecule has 4 nitrogen and oxygen atoms in total. The molecule has 1 aliphatic rings. The van der Waals surface area contributed by atoms with Gasteiger partial charge >= 0.3 is 6.09 Å². The molecule has 0 aromatic carbocycles. The first kappa shape index (κ1) is 14.3. The zero-order valence-corrected chi connectivity index (χ0v) is 11.3. The fourth-order valence-corrected chi connectivity index (χ4v) is 2.02. The monoisotopic (exact) mass is 242 g/mol. The van der Waals surface area contributed by atoms with E-state index in [2.05, 4.69) is 10.6 Å². The fraction of sp³-hybridized carbons (Fsp3) is 0.923. The Hall–Kier alpha value is -0.770. The second-order valence-electron chi connectivity index (χ2n) is 5.72. The molecule has 0 saturated carbocycles. The normalized spacial score (nSPS) is 20.3. The average Bonchev–Trinajstić information content (AvgIpc) is 2.67. The van der Waals surface area contributed by atoms with Crippen molar-refractivity contribution in [2.75, 3.05) is 13.1 Å². The van der Waals surface area contributed by atoms with E-state index in [1.54, 1.807) is 0 Å². The molecule has 2 N–H and O–H groups in total. The largest absolute Gasteiger partial charge is 0.444 e. The van der Waals surface area contributed by atoms with Crippen molar-refractivity contribution in [1.29, 1.82) is 0 Å². The smallest absolute Gasteiger partial charge is 0.407 e. The third kappa shape index (κ3) is 7.21. The maximum absolute atomic E-state index is 11.3. The molecule has 0 aromatic rings. The number of nitrogens with one attached hydrogen (secondary N) is 2. The summed E-state index contributed by atoms with van der Waals surface area (Å²) in [6, 6.07) is 0.705. The summed E-state index contributed by atoms with van der Waals surface area (Å²) in [5.41, 5.74) is -0.405. The quantitative estimate of drug-likeness (QED) is 0.728. The minimum atomic E-state index is -0.405. The van der Waals surface area contributed by atoms with Crippen molar-refractivity contribution in [2.24, 2.45) is 0 Å². The lowest BCUT2D eigenvalue weighted by molar-refractivity contribution is 0.0527. The summed E-state index contributed by atoms with van der Waals surface area (Å²) in [6.07, 6.45) is 5.71. The summed E-state index contributed by atoms with van der Waals surface area (Å²) < 4.78 is 5.16. The van der Waals surface area contributed by atoms with Crippen molar-refractivity contribution in [1.82, 2.24) is 10.6 Å². The molecule has 0 aromatic heterocycles. The molecule has 1 amide bonds. The Balaban J connectivity index is 1.94. The van der Waals surface area contributed by atoms with E-state index in [0.29, 0.717) is 12.6 Å². The van der Waals surface area contributed by atoms with Gasteiger partial charge in [-0.05, 0) is 53.0 Å². The molecule has 1 aliphatic heterocycles. The van der Waals surface area contributed by atoms with Gasteiger partial charge < -0.3 is 15.4 Å². The summed E-state index contributed by atoms with van der Waals surface area (Å²) in [5.74, 6) is 0. The lowest BCUT2D eigenvalue weighted by Gasteiger charge is -2.19. The van der Waals surface area contributed by atoms with Gasteiger partial charge in [0.15, 0.2) is 0 Å². The summed E-state index contributed by atoms with van der Waals surface area (Å²) in [4.78, 5) is 11.3. The second kappa shape index (κ2) is 6.84. The fourth-order valence-electron chi connectivity index (χ4n) is 2.02. The number of carbonyl (C=O) groups excluding carboxylic acids is 1. The summed E-state index contributed by atoms with van der Waals surface area (Å²) in [7, 11) is 0. The predicted octanol–water partition coefficient (Wildman–Crippen LogP) is 2.43. The van der Waals surface area contributed by atoms with E-state index in [-0.39, 0.29) is 6.09 Å². The van der Waals surface area contributed by atoms with Crippen LogP contribution in [-0.2, 0) is 4.74 Å². The van der Waals surface area contributed by atoms with E-state index in [0.717, 1.165) is 12.8 Å². The van der Waals surface area contributed by atoms with Crippen LogP contribution in [0.5, 0.6) is 0 Å². The van der Waals surface area contributed by atoms with Gasteiger partial charge in [-0.3, -0.25) is 0 Å². The molecule has 1 rings (SSSR count). The van der Waals surface area contributed by atoms with Gasteiger partial charge in [0.25, 0.3) is 0 Å². The average molecular weight is 242 g/mol. The Morgan fingerprint density at radius 2 is 2.18 bits per heavy atom. The molecule has 0 radical (unpaired) electrons. The van der Waals surface area contributed by atoms with Crippen LogP contribution in [0.2, 0.25) is 0 Å². The predicted molar refractivity (Wildman–Crippen MR) is 69.1 cm³/mol. The van der Waals surface area contributed by atoms with Gasteiger partial charge in [-0.25, -0.2) is 4.79 Å². The summed E-state index contributed by atoms with van der Waals surface area (Å²) in [5, 5.41) is 6.26. The molecule has 0 aliphatic carbocycles. The minimum absolute atomic E-state index is 0.309. The van der Waals surface area contributed by atoms with Crippen molar-refractivity contribution in [3.63, 3.8) is 0 Å². The SMILES string of the molecule is CC(C)(C)OC(=O)NCCCCC1CCCN1. The van der Waals surface area contributed by atoms with Crippen molar-refractivity contribution >= 4 is 6.09 Å². The Bertz CT molecular complexity index is 230. The number of unbranched alkanes of at least 4 members (excludes halogenated alkanes) is 1. The molecular formula is C13H26N2O2. The van der Waals surface area contributed by atoms with Crippen LogP contribution < -0.4 is 10.6 Å². The minimum Gasteiger partial charge on any atom is -0.444 e. The number of ether oxygens (including phenoxy) is 1. The lowest BCUT2D eigenvalue weighted by atomic mass is 10.1. The van der Waals surface area contributed by atoms with Gasteiger partial charge in [-0.1, -0.05) is 6.42 Å². The Morgan fingerprint density at radius 1 is 1.41 bits per heavy atom. The van der Waals surface area contributed by atoms with Gasteiger partial charge in [-0.15, -0.1) is 0 Å². The topological polar surface area (TPSA) is 50.4 Å². The van der Waals surface area contributed by atoms with E-state index in [4.69, 9.17) is 4.74 Å². The number of alkyl carbamates (subject to hydrolysis) is 1. The third-order valence-corrected chi connectivity index (χ3v) is 2.81. The number of amides is 1. The molecule has 1 heterocycles. The number of carbonyl (C=O) groups is 1. The third-order valence-electron chi connectivity index (χ3n) is 2.81. The van der Waals surface area contributed by atoms with E-state index in [9.17, 15) is 4.79 Å². The molecule has 1 fully saturated rings. The van der Waals surface area contributed by atoms with Crippen molar-refractivity contribution < 1.29 is 9.53 Å². The number of rotatable bonds is 5. The molecule has 17 heavy (non-hydrogen) atoms. The first-order chi connectivity index (χ1) is 7.97. The highest BCUT2D eigenvalue weighted by atomic mass is 16.6. The van der Waals surface area contributed by atoms with Crippen LogP contribution in [0.25, 0.3) is 0 Å². The van der Waals surface area contributed by atoms with Crippen LogP contribution >= 0.6 is 0 Å². The zero-order chi connectivity index (χ0) is 12.7. The highest BCUT2D eigenvalue weighted by Crippen LogP contribution is 2.11. The van der Waals surface area contributed by atoms with Gasteiger partial charge in [0, 0.05) is 12.6 Å². The number of hydrogen-bond acceptors (Lipinski definition) is 3. The Morgan fingerprint density at radius 3 is 2.76 bits per heavy atom. The van der Waals surface area contributed by atoms with Crippen LogP contribution in [0.4, 0.5) is 4.79 Å². The summed E-state index contributed by atoms with van der Waals surface area (Å²) >= 11 is 0. The standard InChI is InChI=1S/C13H26N2O2/c1-13(2,3)17-12(16)15-9-5-4-7-11-8-6-10-14-11/h11,14H,4-10H2,1-3H3,(H,15,16). The lowest BCUT2D eigenvalue weighted by Crippen LogP contribution is -2.33. The van der Waals surface area contributed by atoms with E-state index in [1.807, 2.05) is 20.8 Å². The van der Waals surface area contributed by atoms with E-state index in [1.165, 1.54) is 25.8 Å². The van der Waals surface area contributed by atoms with Gasteiger partial charge in [0.1, 0.15) is 5.60 Å². The van der Waals surface area contributed by atoms with Crippen LogP contribution in [0.15, 0.2) is 0 Å². The van der Waals surface area contributed by atoms with Crippen LogP contribution in [0, 0.1) is 0 Å². The van der Waals surface area contributed by atoms with Crippen LogP contribution in [0.1, 0.15) is 52.9 Å². The first-order valence-electron chi connectivity index (χ1n) is 6.67. The molecule has 4 heteroatoms. The van der Waals surface area contributed by atoms with Crippen LogP contribution in [-0.4, -0.2) is 30.8 Å². The second-order valence-corrected chi connectivity index (χ2v) is 5.72. The zero-order valence-electron chi connectivity index (χ0n) is 11.3. The molecule has 1 saturated heterocycles. The maximum Gasteiger partial charge on any atom is 0.407 e. The molecule has 1 unspecified atom stereocenters. The molecule has 1 atom stereocenters. The van der Waals surface area contributed by atoms with E-state index >= 15 is 0 Å². The van der Waals surface area contributed by atoms with Crippen molar-refractivity contribution in [3.8, 4) is 0 Å². The molecular weight excluding hydrogens is 216 g/mol. The Kier molecular flexibility index (Phi) is 5.75. The summed E-state index contributed by atoms with van der Waals surface area (Å²) in [6.45, 7) is 7.50. The number of hydrogen-bond donors (Lipinski definition) is 2. The van der Waals surface area contributed by atoms with Gasteiger partial charge in [0.05, 0.1) is 0 Å². The first-order valence-corrected chi connectivity index (χ1v) is 6.67. The maximum atomic E-state index is 11.3.